The Balaban J connectivity index is 2.51. The van der Waals surface area contributed by atoms with Crippen molar-refractivity contribution in [1.29, 1.82) is 0 Å². The molecule has 0 aliphatic rings. The van der Waals surface area contributed by atoms with E-state index >= 15 is 0 Å². The summed E-state index contributed by atoms with van der Waals surface area (Å²) in [5.41, 5.74) is 0.896. The second-order valence-electron chi connectivity index (χ2n) is 4.65. The molecule has 3 heteroatoms. The monoisotopic (exact) mass is 314 g/mol. The van der Waals surface area contributed by atoms with E-state index in [1.165, 1.54) is 19.3 Å². The van der Waals surface area contributed by atoms with Crippen LogP contribution in [0.3, 0.4) is 0 Å². The standard InChI is InChI=1S/C15H23BrO2/c1-3-5-6-12(4-2)11-18-15-8-7-13(10-17)9-14(15)16/h7-9,12,17H,3-6,10-11H2,1-2H3. The van der Waals surface area contributed by atoms with Crippen molar-refractivity contribution in [1.82, 2.24) is 0 Å². The number of aliphatic hydroxyl groups excluding tert-OH is 1. The van der Waals surface area contributed by atoms with Gasteiger partial charge in [0.25, 0.3) is 0 Å². The fraction of sp³-hybridized carbons (Fsp3) is 0.600. The summed E-state index contributed by atoms with van der Waals surface area (Å²) in [6.07, 6.45) is 4.91. The molecule has 0 aromatic heterocycles. The van der Waals surface area contributed by atoms with E-state index in [4.69, 9.17) is 9.84 Å². The van der Waals surface area contributed by atoms with Gasteiger partial charge in [0.2, 0.25) is 0 Å². The molecule has 1 aromatic carbocycles. The topological polar surface area (TPSA) is 29.5 Å². The van der Waals surface area contributed by atoms with E-state index in [9.17, 15) is 0 Å². The Hall–Kier alpha value is -0.540. The van der Waals surface area contributed by atoms with Crippen LogP contribution in [0.25, 0.3) is 0 Å². The van der Waals surface area contributed by atoms with Crippen molar-refractivity contribution >= 4 is 15.9 Å². The fourth-order valence-corrected chi connectivity index (χ4v) is 2.41. The summed E-state index contributed by atoms with van der Waals surface area (Å²) in [4.78, 5) is 0. The molecule has 0 fully saturated rings. The van der Waals surface area contributed by atoms with Crippen LogP contribution in [-0.4, -0.2) is 11.7 Å². The quantitative estimate of drug-likeness (QED) is 0.763. The summed E-state index contributed by atoms with van der Waals surface area (Å²) >= 11 is 3.48. The number of halogens is 1. The van der Waals surface area contributed by atoms with Gasteiger partial charge < -0.3 is 9.84 Å². The Morgan fingerprint density at radius 2 is 2.11 bits per heavy atom. The predicted octanol–water partition coefficient (Wildman–Crippen LogP) is 4.54. The van der Waals surface area contributed by atoms with Crippen LogP contribution in [0, 0.1) is 5.92 Å². The van der Waals surface area contributed by atoms with Gasteiger partial charge in [-0.1, -0.05) is 39.2 Å². The van der Waals surface area contributed by atoms with Gasteiger partial charge in [0.15, 0.2) is 0 Å². The molecule has 1 rings (SSSR count). The van der Waals surface area contributed by atoms with Crippen LogP contribution >= 0.6 is 15.9 Å². The van der Waals surface area contributed by atoms with Gasteiger partial charge in [-0.2, -0.15) is 0 Å². The van der Waals surface area contributed by atoms with Crippen LogP contribution in [0.2, 0.25) is 0 Å². The third-order valence-electron chi connectivity index (χ3n) is 3.20. The Morgan fingerprint density at radius 1 is 1.33 bits per heavy atom. The predicted molar refractivity (Wildman–Crippen MR) is 78.9 cm³/mol. The van der Waals surface area contributed by atoms with Gasteiger partial charge in [0.05, 0.1) is 17.7 Å². The molecule has 2 nitrogen and oxygen atoms in total. The first kappa shape index (κ1) is 15.5. The molecule has 0 amide bonds. The first-order valence-electron chi connectivity index (χ1n) is 6.73. The van der Waals surface area contributed by atoms with Crippen LogP contribution in [0.15, 0.2) is 22.7 Å². The molecule has 1 N–H and O–H groups in total. The first-order chi connectivity index (χ1) is 8.71. The molecule has 0 saturated heterocycles. The van der Waals surface area contributed by atoms with Crippen molar-refractivity contribution in [2.75, 3.05) is 6.61 Å². The van der Waals surface area contributed by atoms with Crippen LogP contribution in [0.4, 0.5) is 0 Å². The molecule has 0 radical (unpaired) electrons. The van der Waals surface area contributed by atoms with Gasteiger partial charge in [0.1, 0.15) is 5.75 Å². The van der Waals surface area contributed by atoms with E-state index in [-0.39, 0.29) is 6.61 Å². The van der Waals surface area contributed by atoms with Gasteiger partial charge in [-0.25, -0.2) is 0 Å². The fourth-order valence-electron chi connectivity index (χ4n) is 1.87. The Morgan fingerprint density at radius 3 is 2.67 bits per heavy atom. The molecule has 18 heavy (non-hydrogen) atoms. The normalized spacial score (nSPS) is 12.4. The lowest BCUT2D eigenvalue weighted by Gasteiger charge is -2.16. The number of rotatable bonds is 8. The Labute approximate surface area is 118 Å². The maximum absolute atomic E-state index is 9.04. The number of benzene rings is 1. The summed E-state index contributed by atoms with van der Waals surface area (Å²) in [6, 6.07) is 5.72. The summed E-state index contributed by atoms with van der Waals surface area (Å²) in [5.74, 6) is 1.50. The van der Waals surface area contributed by atoms with Crippen molar-refractivity contribution < 1.29 is 9.84 Å². The van der Waals surface area contributed by atoms with E-state index in [1.807, 2.05) is 18.2 Å². The molecule has 102 valence electrons. The van der Waals surface area contributed by atoms with Crippen molar-refractivity contribution in [2.24, 2.45) is 5.92 Å². The molecule has 1 atom stereocenters. The molecule has 1 unspecified atom stereocenters. The van der Waals surface area contributed by atoms with Gasteiger partial charge in [-0.05, 0) is 46.0 Å². The molecular weight excluding hydrogens is 292 g/mol. The molecular formula is C15H23BrO2. The minimum Gasteiger partial charge on any atom is -0.492 e. The highest BCUT2D eigenvalue weighted by Gasteiger charge is 2.08. The smallest absolute Gasteiger partial charge is 0.133 e. The van der Waals surface area contributed by atoms with E-state index in [0.29, 0.717) is 5.92 Å². The third kappa shape index (κ3) is 4.99. The Bertz CT molecular complexity index is 352. The zero-order chi connectivity index (χ0) is 13.4. The number of hydrogen-bond acceptors (Lipinski definition) is 2. The lowest BCUT2D eigenvalue weighted by molar-refractivity contribution is 0.232. The zero-order valence-electron chi connectivity index (χ0n) is 11.3. The number of aliphatic hydroxyl groups is 1. The van der Waals surface area contributed by atoms with Gasteiger partial charge in [0, 0.05) is 0 Å². The van der Waals surface area contributed by atoms with Crippen LogP contribution < -0.4 is 4.74 Å². The lowest BCUT2D eigenvalue weighted by Crippen LogP contribution is -2.11. The zero-order valence-corrected chi connectivity index (χ0v) is 12.9. The number of hydrogen-bond donors (Lipinski definition) is 1. The van der Waals surface area contributed by atoms with Gasteiger partial charge in [-0.3, -0.25) is 0 Å². The minimum atomic E-state index is 0.0625. The maximum atomic E-state index is 9.04. The molecule has 0 heterocycles. The number of unbranched alkanes of at least 4 members (excludes halogenated alkanes) is 1. The second kappa shape index (κ2) is 8.54. The lowest BCUT2D eigenvalue weighted by atomic mass is 10.0. The highest BCUT2D eigenvalue weighted by Crippen LogP contribution is 2.27. The van der Waals surface area contributed by atoms with E-state index < -0.39 is 0 Å². The summed E-state index contributed by atoms with van der Waals surface area (Å²) in [5, 5.41) is 9.04. The largest absolute Gasteiger partial charge is 0.492 e. The van der Waals surface area contributed by atoms with E-state index in [0.717, 1.165) is 28.8 Å². The molecule has 1 aromatic rings. The first-order valence-corrected chi connectivity index (χ1v) is 7.52. The van der Waals surface area contributed by atoms with Crippen molar-refractivity contribution in [3.63, 3.8) is 0 Å². The van der Waals surface area contributed by atoms with E-state index in [2.05, 4.69) is 29.8 Å². The highest BCUT2D eigenvalue weighted by atomic mass is 79.9. The average molecular weight is 315 g/mol. The SMILES string of the molecule is CCCCC(CC)COc1ccc(CO)cc1Br. The molecule has 0 aliphatic carbocycles. The van der Waals surface area contributed by atoms with Gasteiger partial charge in [-0.15, -0.1) is 0 Å². The molecule has 0 saturated carbocycles. The van der Waals surface area contributed by atoms with Crippen LogP contribution in [0.5, 0.6) is 5.75 Å². The van der Waals surface area contributed by atoms with E-state index in [1.54, 1.807) is 0 Å². The molecule has 0 bridgehead atoms. The van der Waals surface area contributed by atoms with Gasteiger partial charge >= 0.3 is 0 Å². The summed E-state index contributed by atoms with van der Waals surface area (Å²) < 4.78 is 6.77. The highest BCUT2D eigenvalue weighted by molar-refractivity contribution is 9.10. The maximum Gasteiger partial charge on any atom is 0.133 e. The van der Waals surface area contributed by atoms with Crippen molar-refractivity contribution in [3.05, 3.63) is 28.2 Å². The third-order valence-corrected chi connectivity index (χ3v) is 3.82. The molecule has 0 spiro atoms. The number of ether oxygens (including phenoxy) is 1. The molecule has 0 aliphatic heterocycles. The second-order valence-corrected chi connectivity index (χ2v) is 5.50. The Kier molecular flexibility index (Phi) is 7.36. The van der Waals surface area contributed by atoms with Crippen LogP contribution in [0.1, 0.15) is 45.1 Å². The van der Waals surface area contributed by atoms with Crippen LogP contribution in [-0.2, 0) is 6.61 Å². The van der Waals surface area contributed by atoms with Crippen molar-refractivity contribution in [3.8, 4) is 5.75 Å². The average Bonchev–Trinajstić information content (AvgIpc) is 2.40. The summed E-state index contributed by atoms with van der Waals surface area (Å²) in [7, 11) is 0. The van der Waals surface area contributed by atoms with Crippen molar-refractivity contribution in [2.45, 2.75) is 46.1 Å². The minimum absolute atomic E-state index is 0.0625. The summed E-state index contributed by atoms with van der Waals surface area (Å²) in [6.45, 7) is 5.27.